The minimum Gasteiger partial charge on any atom is -0.309 e. The monoisotopic (exact) mass is 345 g/mol. The number of piperidine rings is 1. The normalized spacial score (nSPS) is 18.6. The van der Waals surface area contributed by atoms with Crippen molar-refractivity contribution in [3.05, 3.63) is 35.5 Å². The molecule has 5 heteroatoms. The highest BCUT2D eigenvalue weighted by Gasteiger charge is 2.25. The molecule has 4 nitrogen and oxygen atoms in total. The van der Waals surface area contributed by atoms with Crippen LogP contribution in [0, 0.1) is 5.92 Å². The average Bonchev–Trinajstić information content (AvgIpc) is 3.27. The van der Waals surface area contributed by atoms with Crippen molar-refractivity contribution in [2.24, 2.45) is 5.92 Å². The van der Waals surface area contributed by atoms with Gasteiger partial charge < -0.3 is 9.47 Å². The lowest BCUT2D eigenvalue weighted by Crippen LogP contribution is -2.37. The molecule has 1 saturated heterocycles. The Morgan fingerprint density at radius 1 is 1.25 bits per heavy atom. The number of aromatic nitrogens is 1. The maximum atomic E-state index is 6.26. The fraction of sp³-hybridized carbons (Fsp3) is 0.579. The number of rotatable bonds is 6. The maximum Gasteiger partial charge on any atom is 0.126 e. The van der Waals surface area contributed by atoms with Crippen LogP contribution in [0.15, 0.2) is 29.8 Å². The standard InChI is InChI=1S/C19H27N3OS/c1-2-3-9-20-11-6-16(7-12-20)15-23-22-14-17-5-4-10-21(17)19-18(22)8-13-24-19/h4-5,8,10,13,16H,2-3,6-7,9,11-12,14-15H2,1H3. The number of nitrogens with zero attached hydrogens (tertiary/aromatic N) is 3. The summed E-state index contributed by atoms with van der Waals surface area (Å²) in [5.74, 6) is 0.693. The molecule has 4 heterocycles. The Balaban J connectivity index is 1.32. The fourth-order valence-corrected chi connectivity index (χ4v) is 4.62. The molecule has 130 valence electrons. The smallest absolute Gasteiger partial charge is 0.126 e. The molecule has 0 atom stereocenters. The molecule has 0 saturated carbocycles. The van der Waals surface area contributed by atoms with Gasteiger partial charge in [-0.05, 0) is 68.4 Å². The van der Waals surface area contributed by atoms with E-state index in [0.29, 0.717) is 5.92 Å². The Labute approximate surface area is 148 Å². The molecule has 0 bridgehead atoms. The first kappa shape index (κ1) is 16.2. The summed E-state index contributed by atoms with van der Waals surface area (Å²) in [6, 6.07) is 6.48. The Morgan fingerprint density at radius 2 is 2.12 bits per heavy atom. The van der Waals surface area contributed by atoms with Crippen molar-refractivity contribution in [1.82, 2.24) is 9.47 Å². The SMILES string of the molecule is CCCCN1CCC(CON2Cc3cccn3-c3sccc32)CC1. The topological polar surface area (TPSA) is 20.6 Å². The van der Waals surface area contributed by atoms with E-state index in [-0.39, 0.29) is 0 Å². The molecule has 24 heavy (non-hydrogen) atoms. The van der Waals surface area contributed by atoms with Crippen LogP contribution in [-0.4, -0.2) is 35.7 Å². The highest BCUT2D eigenvalue weighted by atomic mass is 32.1. The van der Waals surface area contributed by atoms with Gasteiger partial charge in [0.15, 0.2) is 0 Å². The number of unbranched alkanes of at least 4 members (excludes halogenated alkanes) is 1. The summed E-state index contributed by atoms with van der Waals surface area (Å²) >= 11 is 1.78. The van der Waals surface area contributed by atoms with Crippen molar-refractivity contribution in [3.8, 4) is 5.00 Å². The Kier molecular flexibility index (Phi) is 4.92. The van der Waals surface area contributed by atoms with Gasteiger partial charge in [0, 0.05) is 11.9 Å². The van der Waals surface area contributed by atoms with Crippen LogP contribution in [0.1, 0.15) is 38.3 Å². The number of hydroxylamine groups is 1. The van der Waals surface area contributed by atoms with E-state index in [1.807, 2.05) is 0 Å². The average molecular weight is 346 g/mol. The van der Waals surface area contributed by atoms with E-state index in [9.17, 15) is 0 Å². The van der Waals surface area contributed by atoms with E-state index in [1.165, 1.54) is 61.7 Å². The molecule has 4 rings (SSSR count). The van der Waals surface area contributed by atoms with Crippen LogP contribution in [0.2, 0.25) is 0 Å². The van der Waals surface area contributed by atoms with E-state index < -0.39 is 0 Å². The number of fused-ring (bicyclic) bond motifs is 3. The maximum absolute atomic E-state index is 6.26. The van der Waals surface area contributed by atoms with Gasteiger partial charge in [0.25, 0.3) is 0 Å². The van der Waals surface area contributed by atoms with E-state index in [2.05, 4.69) is 51.2 Å². The van der Waals surface area contributed by atoms with Crippen LogP contribution in [0.4, 0.5) is 5.69 Å². The number of hydrogen-bond acceptors (Lipinski definition) is 4. The van der Waals surface area contributed by atoms with Gasteiger partial charge >= 0.3 is 0 Å². The molecule has 0 N–H and O–H groups in total. The van der Waals surface area contributed by atoms with E-state index in [1.54, 1.807) is 11.3 Å². The number of thiophene rings is 1. The summed E-state index contributed by atoms with van der Waals surface area (Å²) in [5, 5.41) is 5.53. The van der Waals surface area contributed by atoms with E-state index in [0.717, 1.165) is 13.2 Å². The Hall–Kier alpha value is -1.30. The van der Waals surface area contributed by atoms with Crippen molar-refractivity contribution >= 4 is 17.0 Å². The highest BCUT2D eigenvalue weighted by Crippen LogP contribution is 2.37. The minimum atomic E-state index is 0.693. The molecular formula is C19H27N3OS. The van der Waals surface area contributed by atoms with Crippen LogP contribution in [0.25, 0.3) is 5.00 Å². The predicted molar refractivity (Wildman–Crippen MR) is 99.9 cm³/mol. The van der Waals surface area contributed by atoms with Gasteiger partial charge in [-0.1, -0.05) is 13.3 Å². The van der Waals surface area contributed by atoms with Gasteiger partial charge in [-0.25, -0.2) is 5.06 Å². The van der Waals surface area contributed by atoms with Gasteiger partial charge in [-0.15, -0.1) is 11.3 Å². The number of likely N-dealkylation sites (tertiary alicyclic amines) is 1. The number of hydrogen-bond donors (Lipinski definition) is 0. The summed E-state index contributed by atoms with van der Waals surface area (Å²) in [7, 11) is 0. The molecule has 1 fully saturated rings. The third-order valence-electron chi connectivity index (χ3n) is 5.25. The quantitative estimate of drug-likeness (QED) is 0.778. The molecule has 0 amide bonds. The van der Waals surface area contributed by atoms with Gasteiger partial charge in [0.05, 0.1) is 18.8 Å². The van der Waals surface area contributed by atoms with Crippen molar-refractivity contribution in [2.75, 3.05) is 31.3 Å². The summed E-state index contributed by atoms with van der Waals surface area (Å²) in [5.41, 5.74) is 2.52. The van der Waals surface area contributed by atoms with Crippen molar-refractivity contribution in [3.63, 3.8) is 0 Å². The lowest BCUT2D eigenvalue weighted by Gasteiger charge is -2.34. The van der Waals surface area contributed by atoms with Crippen molar-refractivity contribution < 1.29 is 4.84 Å². The van der Waals surface area contributed by atoms with Gasteiger partial charge in [0.2, 0.25) is 0 Å². The molecule has 2 aliphatic heterocycles. The molecule has 2 aromatic rings. The van der Waals surface area contributed by atoms with Crippen LogP contribution < -0.4 is 5.06 Å². The zero-order chi connectivity index (χ0) is 16.4. The largest absolute Gasteiger partial charge is 0.309 e. The Morgan fingerprint density at radius 3 is 2.96 bits per heavy atom. The summed E-state index contributed by atoms with van der Waals surface area (Å²) in [6.45, 7) is 7.70. The second-order valence-corrected chi connectivity index (χ2v) is 7.85. The van der Waals surface area contributed by atoms with Crippen molar-refractivity contribution in [2.45, 2.75) is 39.2 Å². The molecule has 0 spiro atoms. The second-order valence-electron chi connectivity index (χ2n) is 6.95. The molecule has 0 aromatic carbocycles. The molecule has 0 unspecified atom stereocenters. The Bertz CT molecular complexity index is 657. The highest BCUT2D eigenvalue weighted by molar-refractivity contribution is 7.13. The van der Waals surface area contributed by atoms with Crippen molar-refractivity contribution in [1.29, 1.82) is 0 Å². The van der Waals surface area contributed by atoms with Gasteiger partial charge in [-0.3, -0.25) is 4.84 Å². The molecule has 2 aliphatic rings. The van der Waals surface area contributed by atoms with Crippen LogP contribution in [0.5, 0.6) is 0 Å². The zero-order valence-corrected chi connectivity index (χ0v) is 15.3. The van der Waals surface area contributed by atoms with Crippen LogP contribution in [-0.2, 0) is 11.4 Å². The van der Waals surface area contributed by atoms with E-state index >= 15 is 0 Å². The summed E-state index contributed by atoms with van der Waals surface area (Å²) < 4.78 is 2.28. The molecule has 0 aliphatic carbocycles. The predicted octanol–water partition coefficient (Wildman–Crippen LogP) is 4.30. The van der Waals surface area contributed by atoms with E-state index in [4.69, 9.17) is 4.84 Å². The minimum absolute atomic E-state index is 0.693. The van der Waals surface area contributed by atoms with Gasteiger partial charge in [-0.2, -0.15) is 0 Å². The first-order valence-electron chi connectivity index (χ1n) is 9.22. The third-order valence-corrected chi connectivity index (χ3v) is 6.15. The fourth-order valence-electron chi connectivity index (χ4n) is 3.71. The molecular weight excluding hydrogens is 318 g/mol. The molecule has 2 aromatic heterocycles. The first-order valence-corrected chi connectivity index (χ1v) is 10.1. The lowest BCUT2D eigenvalue weighted by molar-refractivity contribution is 0.0466. The first-order chi connectivity index (χ1) is 11.8. The summed E-state index contributed by atoms with van der Waals surface area (Å²) in [4.78, 5) is 8.87. The number of anilines is 1. The molecule has 0 radical (unpaired) electrons. The van der Waals surface area contributed by atoms with Crippen LogP contribution in [0.3, 0.4) is 0 Å². The second kappa shape index (κ2) is 7.30. The third kappa shape index (κ3) is 3.25. The lowest BCUT2D eigenvalue weighted by atomic mass is 9.98. The van der Waals surface area contributed by atoms with Crippen LogP contribution >= 0.6 is 11.3 Å². The van der Waals surface area contributed by atoms with Gasteiger partial charge in [0.1, 0.15) is 5.00 Å². The zero-order valence-electron chi connectivity index (χ0n) is 14.5. The summed E-state index contributed by atoms with van der Waals surface area (Å²) in [6.07, 6.45) is 7.31.